The minimum Gasteiger partial charge on any atom is -0.373 e. The van der Waals surface area contributed by atoms with Crippen LogP contribution in [-0.2, 0) is 6.42 Å². The lowest BCUT2D eigenvalue weighted by molar-refractivity contribution is 0.485. The van der Waals surface area contributed by atoms with Gasteiger partial charge in [-0.25, -0.2) is 9.97 Å². The summed E-state index contributed by atoms with van der Waals surface area (Å²) in [5.74, 6) is 2.74. The van der Waals surface area contributed by atoms with Crippen molar-refractivity contribution in [2.75, 3.05) is 24.2 Å². The van der Waals surface area contributed by atoms with Crippen LogP contribution in [0.1, 0.15) is 45.4 Å². The summed E-state index contributed by atoms with van der Waals surface area (Å²) in [5, 5.41) is 6.58. The van der Waals surface area contributed by atoms with Crippen molar-refractivity contribution in [2.45, 2.75) is 46.0 Å². The molecule has 0 radical (unpaired) electrons. The molecule has 4 nitrogen and oxygen atoms in total. The number of hydrogen-bond acceptors (Lipinski definition) is 4. The fourth-order valence-electron chi connectivity index (χ4n) is 2.37. The second-order valence-corrected chi connectivity index (χ2v) is 5.26. The van der Waals surface area contributed by atoms with Crippen molar-refractivity contribution in [1.82, 2.24) is 9.97 Å². The Kier molecular flexibility index (Phi) is 4.04. The molecule has 100 valence electrons. The van der Waals surface area contributed by atoms with E-state index in [0.717, 1.165) is 30.4 Å². The second-order valence-electron chi connectivity index (χ2n) is 5.26. The summed E-state index contributed by atoms with van der Waals surface area (Å²) in [6, 6.07) is 1.99. The minimum atomic E-state index is 0.548. The molecule has 1 aromatic heterocycles. The van der Waals surface area contributed by atoms with Gasteiger partial charge in [0.1, 0.15) is 17.5 Å². The molecule has 1 saturated carbocycles. The molecule has 0 aliphatic heterocycles. The smallest absolute Gasteiger partial charge is 0.132 e. The highest BCUT2D eigenvalue weighted by molar-refractivity contribution is 5.47. The first-order valence-corrected chi connectivity index (χ1v) is 7.01. The molecule has 2 rings (SSSR count). The molecule has 0 saturated heterocycles. The summed E-state index contributed by atoms with van der Waals surface area (Å²) in [6.45, 7) is 5.39. The molecule has 1 aliphatic rings. The first-order valence-electron chi connectivity index (χ1n) is 7.01. The predicted octanol–water partition coefficient (Wildman–Crippen LogP) is 3.07. The van der Waals surface area contributed by atoms with Crippen molar-refractivity contribution in [3.8, 4) is 0 Å². The lowest BCUT2D eigenvalue weighted by atomic mass is 10.0. The van der Waals surface area contributed by atoms with E-state index in [1.165, 1.54) is 25.7 Å². The number of nitrogens with zero attached hydrogens (tertiary/aromatic N) is 2. The summed E-state index contributed by atoms with van der Waals surface area (Å²) >= 11 is 0. The van der Waals surface area contributed by atoms with Gasteiger partial charge in [-0.15, -0.1) is 0 Å². The Morgan fingerprint density at radius 1 is 1.22 bits per heavy atom. The molecular weight excluding hydrogens is 224 g/mol. The lowest BCUT2D eigenvalue weighted by Crippen LogP contribution is -2.16. The molecule has 1 fully saturated rings. The van der Waals surface area contributed by atoms with Gasteiger partial charge in [0.25, 0.3) is 0 Å². The van der Waals surface area contributed by atoms with Gasteiger partial charge in [-0.1, -0.05) is 20.3 Å². The average Bonchev–Trinajstić information content (AvgIpc) is 3.16. The van der Waals surface area contributed by atoms with Gasteiger partial charge in [-0.2, -0.15) is 0 Å². The van der Waals surface area contributed by atoms with E-state index >= 15 is 0 Å². The highest BCUT2D eigenvalue weighted by atomic mass is 15.1. The van der Waals surface area contributed by atoms with Crippen LogP contribution < -0.4 is 10.6 Å². The summed E-state index contributed by atoms with van der Waals surface area (Å²) in [7, 11) is 1.89. The maximum Gasteiger partial charge on any atom is 0.132 e. The Balaban J connectivity index is 2.00. The van der Waals surface area contributed by atoms with E-state index in [0.29, 0.717) is 5.41 Å². The summed E-state index contributed by atoms with van der Waals surface area (Å²) < 4.78 is 0. The molecular formula is C14H24N4. The van der Waals surface area contributed by atoms with Gasteiger partial charge in [0.15, 0.2) is 0 Å². The van der Waals surface area contributed by atoms with Crippen LogP contribution >= 0.6 is 0 Å². The SMILES string of the molecule is CCCC1(CNc2cc(NC)nc(CC)n2)CC1. The van der Waals surface area contributed by atoms with Crippen molar-refractivity contribution in [2.24, 2.45) is 5.41 Å². The molecule has 4 heteroatoms. The lowest BCUT2D eigenvalue weighted by Gasteiger charge is -2.16. The number of nitrogens with one attached hydrogen (secondary N) is 2. The Labute approximate surface area is 110 Å². The molecule has 0 spiro atoms. The third-order valence-corrected chi connectivity index (χ3v) is 3.73. The summed E-state index contributed by atoms with van der Waals surface area (Å²) in [5.41, 5.74) is 0.548. The van der Waals surface area contributed by atoms with E-state index in [2.05, 4.69) is 34.4 Å². The molecule has 0 aromatic carbocycles. The predicted molar refractivity (Wildman–Crippen MR) is 76.0 cm³/mol. The molecule has 1 heterocycles. The zero-order valence-electron chi connectivity index (χ0n) is 11.7. The van der Waals surface area contributed by atoms with Crippen molar-refractivity contribution >= 4 is 11.6 Å². The maximum atomic E-state index is 4.53. The van der Waals surface area contributed by atoms with Gasteiger partial charge in [0, 0.05) is 26.1 Å². The van der Waals surface area contributed by atoms with Crippen LogP contribution in [0.15, 0.2) is 6.07 Å². The van der Waals surface area contributed by atoms with E-state index in [-0.39, 0.29) is 0 Å². The van der Waals surface area contributed by atoms with Crippen LogP contribution in [0.4, 0.5) is 11.6 Å². The molecule has 0 atom stereocenters. The number of hydrogen-bond donors (Lipinski definition) is 2. The molecule has 2 N–H and O–H groups in total. The van der Waals surface area contributed by atoms with Gasteiger partial charge in [0.05, 0.1) is 0 Å². The summed E-state index contributed by atoms with van der Waals surface area (Å²) in [6.07, 6.45) is 6.18. The average molecular weight is 248 g/mol. The molecule has 18 heavy (non-hydrogen) atoms. The Bertz CT molecular complexity index is 377. The molecule has 0 amide bonds. The highest BCUT2D eigenvalue weighted by Crippen LogP contribution is 2.49. The number of anilines is 2. The fraction of sp³-hybridized carbons (Fsp3) is 0.714. The zero-order chi connectivity index (χ0) is 13.0. The largest absolute Gasteiger partial charge is 0.373 e. The Hall–Kier alpha value is -1.32. The van der Waals surface area contributed by atoms with E-state index in [1.54, 1.807) is 0 Å². The summed E-state index contributed by atoms with van der Waals surface area (Å²) in [4.78, 5) is 8.93. The standard InChI is InChI=1S/C14H24N4/c1-4-6-14(7-8-14)10-16-13-9-12(15-3)17-11(5-2)18-13/h9H,4-8,10H2,1-3H3,(H2,15,16,17,18). The van der Waals surface area contributed by atoms with E-state index in [9.17, 15) is 0 Å². The quantitative estimate of drug-likeness (QED) is 0.778. The molecule has 0 unspecified atom stereocenters. The molecule has 1 aromatic rings. The molecule has 0 bridgehead atoms. The second kappa shape index (κ2) is 5.55. The van der Waals surface area contributed by atoms with E-state index < -0.39 is 0 Å². The van der Waals surface area contributed by atoms with E-state index in [1.807, 2.05) is 13.1 Å². The number of aryl methyl sites for hydroxylation is 1. The van der Waals surface area contributed by atoms with Gasteiger partial charge in [-0.3, -0.25) is 0 Å². The van der Waals surface area contributed by atoms with Crippen molar-refractivity contribution in [1.29, 1.82) is 0 Å². The number of rotatable bonds is 7. The van der Waals surface area contributed by atoms with Crippen molar-refractivity contribution in [3.63, 3.8) is 0 Å². The highest BCUT2D eigenvalue weighted by Gasteiger charge is 2.41. The van der Waals surface area contributed by atoms with E-state index in [4.69, 9.17) is 0 Å². The van der Waals surface area contributed by atoms with Gasteiger partial charge < -0.3 is 10.6 Å². The zero-order valence-corrected chi connectivity index (χ0v) is 11.7. The van der Waals surface area contributed by atoms with Gasteiger partial charge in [-0.05, 0) is 24.7 Å². The minimum absolute atomic E-state index is 0.548. The molecule has 1 aliphatic carbocycles. The fourth-order valence-corrected chi connectivity index (χ4v) is 2.37. The first-order chi connectivity index (χ1) is 8.71. The third kappa shape index (κ3) is 3.12. The van der Waals surface area contributed by atoms with Crippen molar-refractivity contribution in [3.05, 3.63) is 11.9 Å². The number of aromatic nitrogens is 2. The van der Waals surface area contributed by atoms with Crippen LogP contribution in [0.25, 0.3) is 0 Å². The first kappa shape index (κ1) is 13.1. The third-order valence-electron chi connectivity index (χ3n) is 3.73. The Morgan fingerprint density at radius 2 is 1.94 bits per heavy atom. The van der Waals surface area contributed by atoms with Crippen LogP contribution in [0, 0.1) is 5.41 Å². The monoisotopic (exact) mass is 248 g/mol. The maximum absolute atomic E-state index is 4.53. The van der Waals surface area contributed by atoms with Gasteiger partial charge >= 0.3 is 0 Å². The van der Waals surface area contributed by atoms with Gasteiger partial charge in [0.2, 0.25) is 0 Å². The Morgan fingerprint density at radius 3 is 2.50 bits per heavy atom. The van der Waals surface area contributed by atoms with Crippen LogP contribution in [-0.4, -0.2) is 23.6 Å². The van der Waals surface area contributed by atoms with Crippen LogP contribution in [0.2, 0.25) is 0 Å². The van der Waals surface area contributed by atoms with Crippen LogP contribution in [0.5, 0.6) is 0 Å². The topological polar surface area (TPSA) is 49.8 Å². The normalized spacial score (nSPS) is 16.4. The van der Waals surface area contributed by atoms with Crippen molar-refractivity contribution < 1.29 is 0 Å². The van der Waals surface area contributed by atoms with Crippen LogP contribution in [0.3, 0.4) is 0 Å².